The van der Waals surface area contributed by atoms with Crippen molar-refractivity contribution >= 4 is 15.7 Å². The predicted molar refractivity (Wildman–Crippen MR) is 68.9 cm³/mol. The Kier molecular flexibility index (Phi) is 2.90. The Bertz CT molecular complexity index is 702. The number of anilines is 1. The van der Waals surface area contributed by atoms with E-state index >= 15 is 0 Å². The number of nitrogens with zero attached hydrogens (tertiary/aromatic N) is 1. The van der Waals surface area contributed by atoms with E-state index in [1.807, 2.05) is 13.8 Å². The first-order chi connectivity index (χ1) is 8.29. The summed E-state index contributed by atoms with van der Waals surface area (Å²) >= 11 is 0. The van der Waals surface area contributed by atoms with Gasteiger partial charge in [0.25, 0.3) is 0 Å². The molecule has 0 fully saturated rings. The van der Waals surface area contributed by atoms with Crippen molar-refractivity contribution in [2.75, 3.05) is 12.0 Å². The van der Waals surface area contributed by atoms with Gasteiger partial charge in [0.15, 0.2) is 9.84 Å². The molecule has 1 aromatic heterocycles. The highest BCUT2D eigenvalue weighted by Crippen LogP contribution is 2.30. The number of nitrogen functional groups attached to an aromatic ring is 1. The van der Waals surface area contributed by atoms with Gasteiger partial charge in [-0.3, -0.25) is 0 Å². The Morgan fingerprint density at radius 1 is 1.17 bits per heavy atom. The summed E-state index contributed by atoms with van der Waals surface area (Å²) in [5.41, 5.74) is 8.30. The molecule has 0 aliphatic carbocycles. The van der Waals surface area contributed by atoms with E-state index in [1.54, 1.807) is 12.1 Å². The Morgan fingerprint density at radius 3 is 2.28 bits per heavy atom. The van der Waals surface area contributed by atoms with Crippen molar-refractivity contribution in [3.05, 3.63) is 29.3 Å². The number of sulfone groups is 1. The molecular formula is C12H14N2O3S. The molecule has 0 bridgehead atoms. The molecule has 0 saturated carbocycles. The zero-order valence-electron chi connectivity index (χ0n) is 10.4. The van der Waals surface area contributed by atoms with E-state index in [4.69, 9.17) is 10.3 Å². The summed E-state index contributed by atoms with van der Waals surface area (Å²) in [6, 6.07) is 4.94. The fourth-order valence-electron chi connectivity index (χ4n) is 1.71. The van der Waals surface area contributed by atoms with Crippen LogP contribution in [0, 0.1) is 13.8 Å². The standard InChI is InChI=1S/C12H14N2O3S/c1-7-4-9(10-6-12(13)17-14-10)11(5-8(7)2)18(3,15)16/h4-6H,13H2,1-3H3. The largest absolute Gasteiger partial charge is 0.368 e. The Balaban J connectivity index is 2.77. The summed E-state index contributed by atoms with van der Waals surface area (Å²) in [5, 5.41) is 3.77. The maximum atomic E-state index is 11.8. The van der Waals surface area contributed by atoms with Crippen molar-refractivity contribution in [3.8, 4) is 11.3 Å². The molecular weight excluding hydrogens is 252 g/mol. The van der Waals surface area contributed by atoms with Gasteiger partial charge in [0.1, 0.15) is 5.69 Å². The monoisotopic (exact) mass is 266 g/mol. The van der Waals surface area contributed by atoms with Crippen LogP contribution in [0.3, 0.4) is 0 Å². The number of nitrogens with two attached hydrogens (primary N) is 1. The maximum Gasteiger partial charge on any atom is 0.222 e. The van der Waals surface area contributed by atoms with Gasteiger partial charge in [0, 0.05) is 17.9 Å². The summed E-state index contributed by atoms with van der Waals surface area (Å²) < 4.78 is 28.4. The lowest BCUT2D eigenvalue weighted by molar-refractivity contribution is 0.439. The lowest BCUT2D eigenvalue weighted by Crippen LogP contribution is -2.02. The van der Waals surface area contributed by atoms with Crippen LogP contribution in [0.4, 0.5) is 5.88 Å². The van der Waals surface area contributed by atoms with Gasteiger partial charge >= 0.3 is 0 Å². The van der Waals surface area contributed by atoms with Crippen molar-refractivity contribution in [1.29, 1.82) is 0 Å². The number of aromatic nitrogens is 1. The average Bonchev–Trinajstić information content (AvgIpc) is 2.67. The molecule has 96 valence electrons. The second kappa shape index (κ2) is 4.13. The fourth-order valence-corrected chi connectivity index (χ4v) is 2.67. The molecule has 2 aromatic rings. The molecule has 0 spiro atoms. The molecule has 18 heavy (non-hydrogen) atoms. The topological polar surface area (TPSA) is 86.2 Å². The quantitative estimate of drug-likeness (QED) is 0.897. The van der Waals surface area contributed by atoms with Gasteiger partial charge < -0.3 is 10.3 Å². The summed E-state index contributed by atoms with van der Waals surface area (Å²) in [6.07, 6.45) is 1.17. The number of benzene rings is 1. The Hall–Kier alpha value is -1.82. The molecule has 6 heteroatoms. The summed E-state index contributed by atoms with van der Waals surface area (Å²) in [4.78, 5) is 0.235. The van der Waals surface area contributed by atoms with Gasteiger partial charge in [-0.05, 0) is 37.1 Å². The lowest BCUT2D eigenvalue weighted by atomic mass is 10.0. The van der Waals surface area contributed by atoms with Crippen LogP contribution in [0.5, 0.6) is 0 Å². The van der Waals surface area contributed by atoms with Crippen LogP contribution in [0.2, 0.25) is 0 Å². The number of rotatable bonds is 2. The minimum atomic E-state index is -3.33. The molecule has 0 unspecified atom stereocenters. The molecule has 0 aliphatic heterocycles. The van der Waals surface area contributed by atoms with Crippen LogP contribution < -0.4 is 5.73 Å². The van der Waals surface area contributed by atoms with Crippen LogP contribution in [0.15, 0.2) is 27.6 Å². The van der Waals surface area contributed by atoms with E-state index in [1.165, 1.54) is 12.3 Å². The summed E-state index contributed by atoms with van der Waals surface area (Å²) in [6.45, 7) is 3.78. The maximum absolute atomic E-state index is 11.8. The first kappa shape index (κ1) is 12.6. The molecule has 0 amide bonds. The normalized spacial score (nSPS) is 11.7. The van der Waals surface area contributed by atoms with E-state index in [0.717, 1.165) is 11.1 Å². The molecule has 0 radical (unpaired) electrons. The highest BCUT2D eigenvalue weighted by molar-refractivity contribution is 7.90. The predicted octanol–water partition coefficient (Wildman–Crippen LogP) is 1.94. The van der Waals surface area contributed by atoms with Gasteiger partial charge in [-0.2, -0.15) is 0 Å². The van der Waals surface area contributed by atoms with Crippen LogP contribution >= 0.6 is 0 Å². The van der Waals surface area contributed by atoms with Crippen LogP contribution in [-0.4, -0.2) is 19.8 Å². The second-order valence-corrected chi connectivity index (χ2v) is 6.30. The van der Waals surface area contributed by atoms with Crippen molar-refractivity contribution < 1.29 is 12.9 Å². The van der Waals surface area contributed by atoms with E-state index in [0.29, 0.717) is 11.3 Å². The lowest BCUT2D eigenvalue weighted by Gasteiger charge is -2.09. The zero-order valence-corrected chi connectivity index (χ0v) is 11.2. The van der Waals surface area contributed by atoms with Crippen molar-refractivity contribution in [2.45, 2.75) is 18.7 Å². The Labute approximate surface area is 106 Å². The number of hydrogen-bond donors (Lipinski definition) is 1. The van der Waals surface area contributed by atoms with Gasteiger partial charge in [-0.25, -0.2) is 8.42 Å². The minimum Gasteiger partial charge on any atom is -0.368 e. The highest BCUT2D eigenvalue weighted by Gasteiger charge is 2.18. The molecule has 0 atom stereocenters. The molecule has 0 aliphatic rings. The third-order valence-electron chi connectivity index (χ3n) is 2.80. The van der Waals surface area contributed by atoms with Crippen molar-refractivity contribution in [1.82, 2.24) is 5.16 Å². The van der Waals surface area contributed by atoms with E-state index < -0.39 is 9.84 Å². The van der Waals surface area contributed by atoms with Crippen LogP contribution in [-0.2, 0) is 9.84 Å². The van der Waals surface area contributed by atoms with Gasteiger partial charge in [-0.1, -0.05) is 5.16 Å². The molecule has 0 saturated heterocycles. The summed E-state index contributed by atoms with van der Waals surface area (Å²) in [7, 11) is -3.33. The van der Waals surface area contributed by atoms with Gasteiger partial charge in [0.2, 0.25) is 5.88 Å². The highest BCUT2D eigenvalue weighted by atomic mass is 32.2. The first-order valence-corrected chi connectivity index (χ1v) is 7.22. The summed E-state index contributed by atoms with van der Waals surface area (Å²) in [5.74, 6) is 0.155. The zero-order chi connectivity index (χ0) is 13.5. The van der Waals surface area contributed by atoms with Crippen molar-refractivity contribution in [2.24, 2.45) is 0 Å². The van der Waals surface area contributed by atoms with Gasteiger partial charge in [-0.15, -0.1) is 0 Å². The molecule has 2 rings (SSSR count). The molecule has 1 heterocycles. The number of hydrogen-bond acceptors (Lipinski definition) is 5. The third kappa shape index (κ3) is 2.24. The van der Waals surface area contributed by atoms with Crippen LogP contribution in [0.1, 0.15) is 11.1 Å². The van der Waals surface area contributed by atoms with Gasteiger partial charge in [0.05, 0.1) is 4.90 Å². The SMILES string of the molecule is Cc1cc(-c2cc(N)on2)c(S(C)(=O)=O)cc1C. The van der Waals surface area contributed by atoms with E-state index in [9.17, 15) is 8.42 Å². The molecule has 2 N–H and O–H groups in total. The first-order valence-electron chi connectivity index (χ1n) is 5.33. The third-order valence-corrected chi connectivity index (χ3v) is 3.94. The van der Waals surface area contributed by atoms with E-state index in [-0.39, 0.29) is 10.8 Å². The molecule has 5 nitrogen and oxygen atoms in total. The molecule has 1 aromatic carbocycles. The van der Waals surface area contributed by atoms with Crippen molar-refractivity contribution in [3.63, 3.8) is 0 Å². The Morgan fingerprint density at radius 2 is 1.78 bits per heavy atom. The average molecular weight is 266 g/mol. The second-order valence-electron chi connectivity index (χ2n) is 4.32. The number of aryl methyl sites for hydroxylation is 2. The van der Waals surface area contributed by atoms with E-state index in [2.05, 4.69) is 5.16 Å². The van der Waals surface area contributed by atoms with Crippen LogP contribution in [0.25, 0.3) is 11.3 Å². The minimum absolute atomic E-state index is 0.155. The fraction of sp³-hybridized carbons (Fsp3) is 0.250. The smallest absolute Gasteiger partial charge is 0.222 e.